The zero-order valence-corrected chi connectivity index (χ0v) is 9.03. The van der Waals surface area contributed by atoms with E-state index in [1.807, 2.05) is 22.6 Å². The highest BCUT2D eigenvalue weighted by molar-refractivity contribution is 14.1. The summed E-state index contributed by atoms with van der Waals surface area (Å²) in [4.78, 5) is 17.3. The standard InChI is InChI=1S/C8H7IN2O2/c1-3-5(2)13-8-6(9)7(12)10-4-11-8/h1,4-5H,2H3,(H,10,11,12). The first-order chi connectivity index (χ1) is 6.15. The Labute approximate surface area is 88.9 Å². The van der Waals surface area contributed by atoms with Crippen LogP contribution in [0.2, 0.25) is 0 Å². The van der Waals surface area contributed by atoms with Crippen LogP contribution in [0.15, 0.2) is 11.1 Å². The second kappa shape index (κ2) is 4.28. The average Bonchev–Trinajstić information content (AvgIpc) is 2.13. The number of terminal acetylenes is 1. The topological polar surface area (TPSA) is 55.0 Å². The van der Waals surface area contributed by atoms with E-state index >= 15 is 0 Å². The van der Waals surface area contributed by atoms with E-state index in [9.17, 15) is 4.79 Å². The van der Waals surface area contributed by atoms with Crippen molar-refractivity contribution in [2.24, 2.45) is 0 Å². The van der Waals surface area contributed by atoms with Gasteiger partial charge in [0.05, 0.1) is 6.33 Å². The van der Waals surface area contributed by atoms with Crippen LogP contribution in [0.1, 0.15) is 6.92 Å². The minimum absolute atomic E-state index is 0.227. The number of H-pyrrole nitrogens is 1. The maximum absolute atomic E-state index is 11.1. The van der Waals surface area contributed by atoms with E-state index in [-0.39, 0.29) is 17.5 Å². The zero-order chi connectivity index (χ0) is 9.84. The summed E-state index contributed by atoms with van der Waals surface area (Å²) >= 11 is 1.85. The molecule has 1 aromatic rings. The van der Waals surface area contributed by atoms with Gasteiger partial charge in [0, 0.05) is 0 Å². The average molecular weight is 290 g/mol. The Morgan fingerprint density at radius 1 is 1.85 bits per heavy atom. The lowest BCUT2D eigenvalue weighted by molar-refractivity contribution is 0.264. The lowest BCUT2D eigenvalue weighted by atomic mass is 10.4. The normalized spacial score (nSPS) is 11.8. The van der Waals surface area contributed by atoms with Crippen LogP contribution in [0.4, 0.5) is 0 Å². The molecule has 0 fully saturated rings. The third-order valence-corrected chi connectivity index (χ3v) is 2.24. The van der Waals surface area contributed by atoms with Crippen LogP contribution in [0.25, 0.3) is 0 Å². The molecular weight excluding hydrogens is 283 g/mol. The molecule has 0 aliphatic carbocycles. The number of halogens is 1. The van der Waals surface area contributed by atoms with Crippen LogP contribution >= 0.6 is 22.6 Å². The first kappa shape index (κ1) is 10.1. The number of ether oxygens (including phenoxy) is 1. The van der Waals surface area contributed by atoms with Crippen molar-refractivity contribution in [1.82, 2.24) is 9.97 Å². The van der Waals surface area contributed by atoms with Gasteiger partial charge in [-0.2, -0.15) is 0 Å². The summed E-state index contributed by atoms with van der Waals surface area (Å²) in [5, 5.41) is 0. The predicted octanol–water partition coefficient (Wildman–Crippen LogP) is 0.775. The number of nitrogens with one attached hydrogen (secondary N) is 1. The fraction of sp³-hybridized carbons (Fsp3) is 0.250. The van der Waals surface area contributed by atoms with Crippen LogP contribution in [-0.4, -0.2) is 16.1 Å². The molecule has 0 aromatic carbocycles. The van der Waals surface area contributed by atoms with Crippen molar-refractivity contribution < 1.29 is 4.74 Å². The molecule has 1 unspecified atom stereocenters. The second-order valence-electron chi connectivity index (χ2n) is 2.28. The van der Waals surface area contributed by atoms with Gasteiger partial charge in [-0.05, 0) is 29.5 Å². The molecule has 1 heterocycles. The Morgan fingerprint density at radius 2 is 2.54 bits per heavy atom. The molecule has 0 bridgehead atoms. The minimum Gasteiger partial charge on any atom is -0.461 e. The number of aromatic nitrogens is 2. The maximum Gasteiger partial charge on any atom is 0.268 e. The Hall–Kier alpha value is -1.03. The molecule has 0 aliphatic heterocycles. The minimum atomic E-state index is -0.386. The van der Waals surface area contributed by atoms with E-state index in [0.29, 0.717) is 3.57 Å². The molecule has 0 spiro atoms. The van der Waals surface area contributed by atoms with Crippen molar-refractivity contribution in [2.45, 2.75) is 13.0 Å². The van der Waals surface area contributed by atoms with E-state index in [4.69, 9.17) is 11.2 Å². The Balaban J connectivity index is 2.97. The molecule has 13 heavy (non-hydrogen) atoms. The molecule has 0 saturated heterocycles. The first-order valence-corrected chi connectivity index (χ1v) is 4.59. The third-order valence-electron chi connectivity index (χ3n) is 1.29. The molecule has 1 rings (SSSR count). The van der Waals surface area contributed by atoms with Gasteiger partial charge in [0.1, 0.15) is 3.57 Å². The summed E-state index contributed by atoms with van der Waals surface area (Å²) in [5.74, 6) is 2.66. The summed E-state index contributed by atoms with van der Waals surface area (Å²) in [6.45, 7) is 1.71. The molecular formula is C8H7IN2O2. The van der Waals surface area contributed by atoms with Crippen molar-refractivity contribution in [3.63, 3.8) is 0 Å². The van der Waals surface area contributed by atoms with Gasteiger partial charge in [-0.15, -0.1) is 6.42 Å². The number of hydrogen-bond acceptors (Lipinski definition) is 3. The second-order valence-corrected chi connectivity index (χ2v) is 3.36. The van der Waals surface area contributed by atoms with E-state index in [1.165, 1.54) is 6.33 Å². The van der Waals surface area contributed by atoms with Crippen LogP contribution in [0, 0.1) is 15.9 Å². The Bertz CT molecular complexity index is 394. The van der Waals surface area contributed by atoms with Gasteiger partial charge in [0.25, 0.3) is 5.56 Å². The Morgan fingerprint density at radius 3 is 3.15 bits per heavy atom. The smallest absolute Gasteiger partial charge is 0.268 e. The van der Waals surface area contributed by atoms with Crippen LogP contribution in [0.5, 0.6) is 5.88 Å². The van der Waals surface area contributed by atoms with Gasteiger partial charge < -0.3 is 9.72 Å². The fourth-order valence-electron chi connectivity index (χ4n) is 0.650. The number of rotatable bonds is 2. The molecule has 5 heteroatoms. The van der Waals surface area contributed by atoms with Gasteiger partial charge >= 0.3 is 0 Å². The molecule has 68 valence electrons. The van der Waals surface area contributed by atoms with Gasteiger partial charge in [-0.25, -0.2) is 4.98 Å². The van der Waals surface area contributed by atoms with Crippen molar-refractivity contribution in [3.05, 3.63) is 20.3 Å². The molecule has 0 aliphatic rings. The fourth-order valence-corrected chi connectivity index (χ4v) is 1.07. The number of aromatic amines is 1. The summed E-state index contributed by atoms with van der Waals surface area (Å²) in [7, 11) is 0. The summed E-state index contributed by atoms with van der Waals surface area (Å²) in [6, 6.07) is 0. The highest BCUT2D eigenvalue weighted by Crippen LogP contribution is 2.12. The van der Waals surface area contributed by atoms with Crippen molar-refractivity contribution >= 4 is 22.6 Å². The largest absolute Gasteiger partial charge is 0.461 e. The van der Waals surface area contributed by atoms with Crippen molar-refractivity contribution in [3.8, 4) is 18.2 Å². The van der Waals surface area contributed by atoms with E-state index in [2.05, 4.69) is 15.9 Å². The van der Waals surface area contributed by atoms with Gasteiger partial charge in [-0.1, -0.05) is 5.92 Å². The molecule has 4 nitrogen and oxygen atoms in total. The molecule has 1 atom stereocenters. The van der Waals surface area contributed by atoms with Crippen molar-refractivity contribution in [2.75, 3.05) is 0 Å². The monoisotopic (exact) mass is 290 g/mol. The maximum atomic E-state index is 11.1. The van der Waals surface area contributed by atoms with Crippen molar-refractivity contribution in [1.29, 1.82) is 0 Å². The molecule has 0 saturated carbocycles. The van der Waals surface area contributed by atoms with Gasteiger partial charge in [0.15, 0.2) is 6.10 Å². The molecule has 0 amide bonds. The summed E-state index contributed by atoms with van der Waals surface area (Å²) in [6.07, 6.45) is 6.01. The molecule has 1 aromatic heterocycles. The lowest BCUT2D eigenvalue weighted by Crippen LogP contribution is -2.16. The quantitative estimate of drug-likeness (QED) is 0.647. The zero-order valence-electron chi connectivity index (χ0n) is 6.87. The van der Waals surface area contributed by atoms with Crippen LogP contribution in [0.3, 0.4) is 0 Å². The molecule has 1 N–H and O–H groups in total. The van der Waals surface area contributed by atoms with Gasteiger partial charge in [-0.3, -0.25) is 4.79 Å². The van der Waals surface area contributed by atoms with Crippen LogP contribution < -0.4 is 10.3 Å². The van der Waals surface area contributed by atoms with E-state index in [0.717, 1.165) is 0 Å². The first-order valence-electron chi connectivity index (χ1n) is 3.51. The Kier molecular flexibility index (Phi) is 3.31. The van der Waals surface area contributed by atoms with E-state index in [1.54, 1.807) is 6.92 Å². The lowest BCUT2D eigenvalue weighted by Gasteiger charge is -2.07. The SMILES string of the molecule is C#CC(C)Oc1nc[nH]c(=O)c1I. The highest BCUT2D eigenvalue weighted by Gasteiger charge is 2.08. The third kappa shape index (κ3) is 2.45. The molecule has 0 radical (unpaired) electrons. The highest BCUT2D eigenvalue weighted by atomic mass is 127. The summed E-state index contributed by atoms with van der Waals surface area (Å²) in [5.41, 5.74) is -0.227. The van der Waals surface area contributed by atoms with Gasteiger partial charge in [0.2, 0.25) is 5.88 Å². The van der Waals surface area contributed by atoms with Crippen LogP contribution in [-0.2, 0) is 0 Å². The number of hydrogen-bond donors (Lipinski definition) is 1. The summed E-state index contributed by atoms with van der Waals surface area (Å²) < 4.78 is 5.61. The number of nitrogens with zero attached hydrogens (tertiary/aromatic N) is 1. The van der Waals surface area contributed by atoms with E-state index < -0.39 is 0 Å². The predicted molar refractivity (Wildman–Crippen MR) is 56.5 cm³/mol.